The number of carbonyl (C=O) groups excluding carboxylic acids is 1. The first-order valence-corrected chi connectivity index (χ1v) is 9.53. The molecule has 0 unspecified atom stereocenters. The van der Waals surface area contributed by atoms with E-state index in [2.05, 4.69) is 0 Å². The molecule has 1 saturated heterocycles. The predicted molar refractivity (Wildman–Crippen MR) is 110 cm³/mol. The van der Waals surface area contributed by atoms with E-state index in [9.17, 15) is 14.9 Å². The molecule has 0 bridgehead atoms. The summed E-state index contributed by atoms with van der Waals surface area (Å²) in [5, 5.41) is 11.7. The smallest absolute Gasteiger partial charge is 0.294 e. The number of furan rings is 1. The van der Waals surface area contributed by atoms with Crippen molar-refractivity contribution in [3.8, 4) is 11.1 Å². The van der Waals surface area contributed by atoms with Crippen molar-refractivity contribution in [2.45, 2.75) is 0 Å². The van der Waals surface area contributed by atoms with E-state index in [1.807, 2.05) is 35.2 Å². The molecule has 3 aromatic rings. The number of benzene rings is 2. The topological polar surface area (TPSA) is 79.8 Å². The van der Waals surface area contributed by atoms with Crippen LogP contribution in [0.5, 0.6) is 0 Å². The van der Waals surface area contributed by atoms with Crippen molar-refractivity contribution in [1.29, 1.82) is 0 Å². The van der Waals surface area contributed by atoms with Crippen LogP contribution in [0.3, 0.4) is 0 Å². The lowest BCUT2D eigenvalue weighted by Crippen LogP contribution is -2.49. The maximum Gasteiger partial charge on any atom is 0.294 e. The fourth-order valence-corrected chi connectivity index (χ4v) is 3.69. The van der Waals surface area contributed by atoms with E-state index in [0.717, 1.165) is 11.1 Å². The number of hydrogen-bond acceptors (Lipinski definition) is 5. The molecule has 1 aliphatic rings. The molecule has 1 aromatic heterocycles. The van der Waals surface area contributed by atoms with Gasteiger partial charge in [0.15, 0.2) is 5.76 Å². The predicted octanol–water partition coefficient (Wildman–Crippen LogP) is 4.47. The van der Waals surface area contributed by atoms with Crippen LogP contribution in [0.25, 0.3) is 11.1 Å². The lowest BCUT2D eigenvalue weighted by Gasteiger charge is -2.35. The molecule has 0 saturated carbocycles. The van der Waals surface area contributed by atoms with Crippen LogP contribution < -0.4 is 4.90 Å². The van der Waals surface area contributed by atoms with Crippen molar-refractivity contribution in [2.24, 2.45) is 0 Å². The molecular weight excluding hydrogens is 394 g/mol. The number of anilines is 1. The minimum atomic E-state index is -0.437. The Morgan fingerprint density at radius 1 is 1.03 bits per heavy atom. The Labute approximate surface area is 172 Å². The number of halogens is 1. The van der Waals surface area contributed by atoms with Crippen LogP contribution in [0.2, 0.25) is 5.02 Å². The molecule has 2 heterocycles. The van der Waals surface area contributed by atoms with E-state index in [1.165, 1.54) is 12.3 Å². The lowest BCUT2D eigenvalue weighted by molar-refractivity contribution is -0.384. The van der Waals surface area contributed by atoms with Crippen LogP contribution in [0.4, 0.5) is 11.4 Å². The second kappa shape index (κ2) is 7.97. The van der Waals surface area contributed by atoms with Crippen molar-refractivity contribution in [2.75, 3.05) is 31.1 Å². The normalized spacial score (nSPS) is 14.1. The third kappa shape index (κ3) is 3.82. The first-order valence-electron chi connectivity index (χ1n) is 9.15. The van der Waals surface area contributed by atoms with Crippen LogP contribution >= 0.6 is 11.6 Å². The summed E-state index contributed by atoms with van der Waals surface area (Å²) in [7, 11) is 0. The zero-order chi connectivity index (χ0) is 20.4. The molecule has 4 rings (SSSR count). The van der Waals surface area contributed by atoms with E-state index in [4.69, 9.17) is 16.0 Å². The Kier molecular flexibility index (Phi) is 5.22. The second-order valence-electron chi connectivity index (χ2n) is 6.70. The third-order valence-electron chi connectivity index (χ3n) is 4.99. The molecule has 0 N–H and O–H groups in total. The highest BCUT2D eigenvalue weighted by atomic mass is 35.5. The van der Waals surface area contributed by atoms with Crippen LogP contribution in [0.15, 0.2) is 65.3 Å². The highest BCUT2D eigenvalue weighted by Gasteiger charge is 2.29. The van der Waals surface area contributed by atoms with Gasteiger partial charge >= 0.3 is 0 Å². The third-order valence-corrected chi connectivity index (χ3v) is 5.22. The minimum absolute atomic E-state index is 0.0327. The van der Waals surface area contributed by atoms with Crippen LogP contribution in [0.1, 0.15) is 10.6 Å². The molecule has 1 fully saturated rings. The quantitative estimate of drug-likeness (QED) is 0.467. The molecule has 1 aliphatic heterocycles. The molecule has 1 amide bonds. The van der Waals surface area contributed by atoms with Crippen molar-refractivity contribution < 1.29 is 14.1 Å². The SMILES string of the molecule is O=C(c1occc1-c1ccccc1)N1CCN(c2ccc(Cl)cc2[N+](=O)[O-])CC1. The molecule has 0 radical (unpaired) electrons. The highest BCUT2D eigenvalue weighted by Crippen LogP contribution is 2.32. The summed E-state index contributed by atoms with van der Waals surface area (Å²) in [6, 6.07) is 16.0. The van der Waals surface area contributed by atoms with Crippen molar-refractivity contribution >= 4 is 28.9 Å². The largest absolute Gasteiger partial charge is 0.459 e. The first-order chi connectivity index (χ1) is 14.0. The number of nitro groups is 1. The van der Waals surface area contributed by atoms with Gasteiger partial charge in [0, 0.05) is 42.8 Å². The number of piperazine rings is 1. The molecular formula is C21H18ClN3O4. The van der Waals surface area contributed by atoms with E-state index in [1.54, 1.807) is 23.1 Å². The van der Waals surface area contributed by atoms with Crippen molar-refractivity contribution in [1.82, 2.24) is 4.90 Å². The number of rotatable bonds is 4. The van der Waals surface area contributed by atoms with Gasteiger partial charge in [-0.1, -0.05) is 41.9 Å². The molecule has 2 aromatic carbocycles. The van der Waals surface area contributed by atoms with E-state index >= 15 is 0 Å². The summed E-state index contributed by atoms with van der Waals surface area (Å²) in [5.74, 6) is 0.126. The van der Waals surface area contributed by atoms with Crippen LogP contribution in [-0.4, -0.2) is 41.9 Å². The van der Waals surface area contributed by atoms with Gasteiger partial charge < -0.3 is 14.2 Å². The number of nitro benzene ring substituents is 1. The Morgan fingerprint density at radius 3 is 2.45 bits per heavy atom. The van der Waals surface area contributed by atoms with Gasteiger partial charge in [-0.25, -0.2) is 0 Å². The Morgan fingerprint density at radius 2 is 1.76 bits per heavy atom. The molecule has 148 valence electrons. The summed E-state index contributed by atoms with van der Waals surface area (Å²) in [5.41, 5.74) is 2.15. The minimum Gasteiger partial charge on any atom is -0.459 e. The summed E-state index contributed by atoms with van der Waals surface area (Å²) in [6.07, 6.45) is 1.52. The molecule has 29 heavy (non-hydrogen) atoms. The summed E-state index contributed by atoms with van der Waals surface area (Å²) < 4.78 is 5.50. The maximum absolute atomic E-state index is 13.0. The maximum atomic E-state index is 13.0. The van der Waals surface area contributed by atoms with Crippen molar-refractivity contribution in [3.05, 3.63) is 81.8 Å². The molecule has 7 nitrogen and oxygen atoms in total. The fourth-order valence-electron chi connectivity index (χ4n) is 3.52. The van der Waals surface area contributed by atoms with E-state index in [0.29, 0.717) is 42.6 Å². The summed E-state index contributed by atoms with van der Waals surface area (Å²) >= 11 is 5.90. The standard InChI is InChI=1S/C21H18ClN3O4/c22-16-6-7-18(19(14-16)25(27)28)23-9-11-24(12-10-23)21(26)20-17(8-13-29-20)15-4-2-1-3-5-15/h1-8,13-14H,9-12H2. The number of hydrogen-bond donors (Lipinski definition) is 0. The lowest BCUT2D eigenvalue weighted by atomic mass is 10.1. The average Bonchev–Trinajstić information content (AvgIpc) is 3.24. The van der Waals surface area contributed by atoms with Gasteiger partial charge in [0.25, 0.3) is 11.6 Å². The Balaban J connectivity index is 1.50. The first kappa shape index (κ1) is 19.0. The zero-order valence-electron chi connectivity index (χ0n) is 15.5. The van der Waals surface area contributed by atoms with Crippen LogP contribution in [-0.2, 0) is 0 Å². The average molecular weight is 412 g/mol. The van der Waals surface area contributed by atoms with E-state index < -0.39 is 4.92 Å². The fraction of sp³-hybridized carbons (Fsp3) is 0.190. The highest BCUT2D eigenvalue weighted by molar-refractivity contribution is 6.30. The Bertz CT molecular complexity index is 1040. The van der Waals surface area contributed by atoms with Gasteiger partial charge in [-0.3, -0.25) is 14.9 Å². The molecule has 0 atom stereocenters. The monoisotopic (exact) mass is 411 g/mol. The molecule has 0 aliphatic carbocycles. The van der Waals surface area contributed by atoms with Gasteiger partial charge in [-0.05, 0) is 23.8 Å². The number of amides is 1. The van der Waals surface area contributed by atoms with Crippen molar-refractivity contribution in [3.63, 3.8) is 0 Å². The zero-order valence-corrected chi connectivity index (χ0v) is 16.2. The van der Waals surface area contributed by atoms with Crippen LogP contribution in [0, 0.1) is 10.1 Å². The number of carbonyl (C=O) groups is 1. The van der Waals surface area contributed by atoms with Gasteiger partial charge in [-0.2, -0.15) is 0 Å². The summed E-state index contributed by atoms with van der Waals surface area (Å²) in [6.45, 7) is 1.84. The second-order valence-corrected chi connectivity index (χ2v) is 7.14. The van der Waals surface area contributed by atoms with Gasteiger partial charge in [-0.15, -0.1) is 0 Å². The molecule has 8 heteroatoms. The van der Waals surface area contributed by atoms with Gasteiger partial charge in [0.2, 0.25) is 0 Å². The summed E-state index contributed by atoms with van der Waals surface area (Å²) in [4.78, 5) is 27.5. The van der Waals surface area contributed by atoms with E-state index in [-0.39, 0.29) is 11.6 Å². The molecule has 0 spiro atoms. The Hall–Kier alpha value is -3.32. The van der Waals surface area contributed by atoms with Gasteiger partial charge in [0.1, 0.15) is 5.69 Å². The van der Waals surface area contributed by atoms with Gasteiger partial charge in [0.05, 0.1) is 11.2 Å². The number of nitrogens with zero attached hydrogens (tertiary/aromatic N) is 3.